The number of nitrogens with two attached hydrogens (primary N) is 4. The van der Waals surface area contributed by atoms with Gasteiger partial charge in [0.25, 0.3) is 0 Å². The number of amides is 2. The van der Waals surface area contributed by atoms with Gasteiger partial charge in [-0.15, -0.1) is 0 Å². The van der Waals surface area contributed by atoms with Crippen LogP contribution in [0.25, 0.3) is 0 Å². The fourth-order valence-corrected chi connectivity index (χ4v) is 4.59. The zero-order valence-corrected chi connectivity index (χ0v) is 30.6. The van der Waals surface area contributed by atoms with Crippen LogP contribution in [0.3, 0.4) is 0 Å². The molecule has 0 aliphatic heterocycles. The third-order valence-corrected chi connectivity index (χ3v) is 7.30. The molecule has 0 fully saturated rings. The number of hydrogen-bond donors (Lipinski definition) is 14. The van der Waals surface area contributed by atoms with Crippen LogP contribution >= 0.6 is 0 Å². The van der Waals surface area contributed by atoms with Gasteiger partial charge in [0.2, 0.25) is 35.7 Å². The number of aromatic nitrogens is 1. The molecule has 0 spiro atoms. The molecule has 2 amide bonds. The number of hydrogen-bond acceptors (Lipinski definition) is 12. The molecule has 0 aliphatic carbocycles. The summed E-state index contributed by atoms with van der Waals surface area (Å²) in [4.78, 5) is 26.0. The lowest BCUT2D eigenvalue weighted by Crippen LogP contribution is -2.27. The molecule has 22 heteroatoms. The van der Waals surface area contributed by atoms with Crippen LogP contribution in [0, 0.1) is 21.6 Å². The summed E-state index contributed by atoms with van der Waals surface area (Å²) >= 11 is 0. The van der Waals surface area contributed by atoms with E-state index in [2.05, 4.69) is 57.9 Å². The lowest BCUT2D eigenvalue weighted by Gasteiger charge is -2.12. The summed E-state index contributed by atoms with van der Waals surface area (Å²) in [5, 5.41) is 55.5. The number of guanidine groups is 4. The Balaban J connectivity index is 1.66. The first-order valence-electron chi connectivity index (χ1n) is 16.4. The van der Waals surface area contributed by atoms with E-state index in [0.717, 1.165) is 0 Å². The molecule has 0 saturated heterocycles. The van der Waals surface area contributed by atoms with E-state index in [1.807, 2.05) is 0 Å². The summed E-state index contributed by atoms with van der Waals surface area (Å²) in [5.74, 6) is -1.53. The molecule has 3 aromatic rings. The normalized spacial score (nSPS) is 12.0. The van der Waals surface area contributed by atoms with Gasteiger partial charge in [-0.3, -0.25) is 31.2 Å². The van der Waals surface area contributed by atoms with Crippen LogP contribution < -0.4 is 55.3 Å². The Morgan fingerprint density at radius 1 is 0.564 bits per heavy atom. The van der Waals surface area contributed by atoms with Gasteiger partial charge in [-0.25, -0.2) is 21.7 Å². The Hall–Kier alpha value is -7.65. The second-order valence-electron chi connectivity index (χ2n) is 11.9. The van der Waals surface area contributed by atoms with Crippen molar-refractivity contribution in [3.05, 3.63) is 76.2 Å². The van der Waals surface area contributed by atoms with Gasteiger partial charge in [0.05, 0.1) is 28.5 Å². The third-order valence-electron chi connectivity index (χ3n) is 7.30. The monoisotopic (exact) mass is 755 g/mol. The first-order chi connectivity index (χ1) is 26.0. The van der Waals surface area contributed by atoms with Crippen molar-refractivity contribution >= 4 is 69.9 Å². The lowest BCUT2D eigenvalue weighted by atomic mass is 10.0. The Bertz CT molecular complexity index is 1830. The quantitative estimate of drug-likeness (QED) is 0.0544. The highest BCUT2D eigenvalue weighted by atomic mass is 16.5. The first-order valence-corrected chi connectivity index (χ1v) is 16.4. The zero-order chi connectivity index (χ0) is 40.7. The van der Waals surface area contributed by atoms with Crippen molar-refractivity contribution in [2.24, 2.45) is 43.3 Å². The van der Waals surface area contributed by atoms with Crippen LogP contribution in [0.4, 0.5) is 11.4 Å². The van der Waals surface area contributed by atoms with Crippen molar-refractivity contribution < 1.29 is 14.1 Å². The predicted molar refractivity (Wildman–Crippen MR) is 212 cm³/mol. The summed E-state index contributed by atoms with van der Waals surface area (Å²) in [6.45, 7) is 6.79. The molecule has 0 bridgehead atoms. The van der Waals surface area contributed by atoms with Gasteiger partial charge in [0.15, 0.2) is 0 Å². The molecule has 22 nitrogen and oxygen atoms in total. The van der Waals surface area contributed by atoms with Crippen LogP contribution in [0.5, 0.6) is 0 Å². The van der Waals surface area contributed by atoms with Gasteiger partial charge in [-0.1, -0.05) is 5.16 Å². The van der Waals surface area contributed by atoms with E-state index in [4.69, 9.17) is 49.1 Å². The van der Waals surface area contributed by atoms with Gasteiger partial charge >= 0.3 is 0 Å². The van der Waals surface area contributed by atoms with Gasteiger partial charge in [-0.2, -0.15) is 20.4 Å². The van der Waals surface area contributed by atoms with E-state index in [9.17, 15) is 9.59 Å². The van der Waals surface area contributed by atoms with E-state index >= 15 is 0 Å². The molecule has 3 rings (SSSR count). The fraction of sp³-hybridized carbons (Fsp3) is 0.242. The maximum Gasteiger partial charge on any atom is 0.224 e. The largest absolute Gasteiger partial charge is 0.369 e. The van der Waals surface area contributed by atoms with E-state index in [0.29, 0.717) is 67.9 Å². The molecular weight excluding hydrogens is 710 g/mol. The molecule has 0 atom stereocenters. The third kappa shape index (κ3) is 14.5. The molecule has 290 valence electrons. The number of rotatable bonds is 16. The number of carbonyl (C=O) groups is 2. The standard InChI is InChI=1S/C33H45N19O3/c1-16(44-48-30(34)35)20-9-21(17(2)45-49-31(36)37)12-25(11-20)42-28(53)7-5-24-15-27(55-52-24)6-8-29(54)43-26-13-22(18(3)46-50-32(38)39)10-23(14-26)19(4)47-51-33(40)41/h9-15H,5-8H2,1-4H3,(H,42,53)(H,43,54)(H4,34,35,48)(H4,36,37,49)(H4,38,39,50)(H4,40,41,51)/b44-16+,45-17+,46-18+,47-19+. The Morgan fingerprint density at radius 3 is 1.22 bits per heavy atom. The van der Waals surface area contributed by atoms with Gasteiger partial charge in [0, 0.05) is 65.4 Å². The van der Waals surface area contributed by atoms with Gasteiger partial charge < -0.3 is 38.1 Å². The second kappa shape index (κ2) is 19.8. The highest BCUT2D eigenvalue weighted by Gasteiger charge is 2.14. The molecule has 2 aromatic carbocycles. The molecule has 55 heavy (non-hydrogen) atoms. The molecule has 0 aliphatic rings. The van der Waals surface area contributed by atoms with Crippen LogP contribution in [0.1, 0.15) is 74.2 Å². The Morgan fingerprint density at radius 2 is 0.891 bits per heavy atom. The highest BCUT2D eigenvalue weighted by molar-refractivity contribution is 6.07. The highest BCUT2D eigenvalue weighted by Crippen LogP contribution is 2.20. The number of aryl methyl sites for hydroxylation is 2. The van der Waals surface area contributed by atoms with Crippen molar-refractivity contribution in [1.82, 2.24) is 26.9 Å². The van der Waals surface area contributed by atoms with Crippen molar-refractivity contribution in [3.63, 3.8) is 0 Å². The van der Waals surface area contributed by atoms with Crippen LogP contribution in [-0.2, 0) is 22.4 Å². The topological polar surface area (TPSA) is 381 Å². The summed E-state index contributed by atoms with van der Waals surface area (Å²) in [6.07, 6.45) is 0.616. The van der Waals surface area contributed by atoms with Gasteiger partial charge in [0.1, 0.15) is 5.76 Å². The zero-order valence-electron chi connectivity index (χ0n) is 30.6. The Labute approximate surface area is 315 Å². The van der Waals surface area contributed by atoms with Crippen molar-refractivity contribution in [2.75, 3.05) is 10.6 Å². The molecule has 0 radical (unpaired) electrons. The molecule has 1 aromatic heterocycles. The van der Waals surface area contributed by atoms with Crippen molar-refractivity contribution in [3.8, 4) is 0 Å². The van der Waals surface area contributed by atoms with E-state index in [1.165, 1.54) is 0 Å². The van der Waals surface area contributed by atoms with E-state index < -0.39 is 0 Å². The van der Waals surface area contributed by atoms with Crippen molar-refractivity contribution in [2.45, 2.75) is 53.4 Å². The lowest BCUT2D eigenvalue weighted by molar-refractivity contribution is -0.117. The number of anilines is 2. The summed E-state index contributed by atoms with van der Waals surface area (Å²) in [5.41, 5.74) is 36.7. The minimum atomic E-state index is -0.341. The number of nitrogens with one attached hydrogen (secondary N) is 10. The molecular formula is C33H45N19O3. The number of carbonyl (C=O) groups excluding carboxylic acids is 2. The van der Waals surface area contributed by atoms with Crippen molar-refractivity contribution in [1.29, 1.82) is 21.6 Å². The fourth-order valence-electron chi connectivity index (χ4n) is 4.59. The molecule has 18 N–H and O–H groups in total. The van der Waals surface area contributed by atoms with Crippen LogP contribution in [0.15, 0.2) is 67.4 Å². The average Bonchev–Trinajstić information content (AvgIpc) is 3.59. The maximum absolute atomic E-state index is 13.0. The SMILES string of the molecule is C/C(=N\NC(=N)N)c1cc(NC(=O)CCc2cc(CCC(=O)Nc3cc(/C(C)=N/NC(=N)N)cc(/C(C)=N/NC(=N)N)c3)on2)cc(/C(C)=N/NC(=N)N)c1. The Kier molecular flexibility index (Phi) is 15.1. The predicted octanol–water partition coefficient (Wildman–Crippen LogP) is 0.645. The number of hydrazone groups is 4. The maximum atomic E-state index is 13.0. The van der Waals surface area contributed by atoms with E-state index in [1.54, 1.807) is 70.2 Å². The number of benzene rings is 2. The second-order valence-corrected chi connectivity index (χ2v) is 11.9. The van der Waals surface area contributed by atoms with Crippen LogP contribution in [-0.4, -0.2) is 63.7 Å². The van der Waals surface area contributed by atoms with E-state index in [-0.39, 0.29) is 61.3 Å². The minimum absolute atomic E-state index is 0.0561. The first kappa shape index (κ1) is 41.8. The summed E-state index contributed by atoms with van der Waals surface area (Å²) in [7, 11) is 0. The molecule has 0 unspecified atom stereocenters. The number of nitrogens with zero attached hydrogens (tertiary/aromatic N) is 5. The smallest absolute Gasteiger partial charge is 0.224 e. The van der Waals surface area contributed by atoms with Gasteiger partial charge in [-0.05, 0) is 64.1 Å². The summed E-state index contributed by atoms with van der Waals surface area (Å²) < 4.78 is 5.42. The molecule has 1 heterocycles. The average molecular weight is 756 g/mol. The molecule has 0 saturated carbocycles. The van der Waals surface area contributed by atoms with Crippen LogP contribution in [0.2, 0.25) is 0 Å². The minimum Gasteiger partial charge on any atom is -0.369 e. The summed E-state index contributed by atoms with van der Waals surface area (Å²) in [6, 6.07) is 12.0.